The molecule has 0 aliphatic heterocycles. The lowest BCUT2D eigenvalue weighted by Crippen LogP contribution is -2.21. The zero-order valence-electron chi connectivity index (χ0n) is 20.5. The molecule has 2 heterocycles. The first kappa shape index (κ1) is 24.8. The molecule has 0 radical (unpaired) electrons. The second-order valence-corrected chi connectivity index (χ2v) is 8.65. The van der Waals surface area contributed by atoms with E-state index in [0.29, 0.717) is 28.9 Å². The Morgan fingerprint density at radius 2 is 1.72 bits per heavy atom. The number of aryl methyl sites for hydroxylation is 3. The Labute approximate surface area is 208 Å². The topological polar surface area (TPSA) is 111 Å². The monoisotopic (exact) mass is 485 g/mol. The van der Waals surface area contributed by atoms with Crippen LogP contribution in [0.3, 0.4) is 0 Å². The summed E-state index contributed by atoms with van der Waals surface area (Å²) in [7, 11) is 0. The van der Waals surface area contributed by atoms with Crippen LogP contribution < -0.4 is 5.32 Å². The second-order valence-electron chi connectivity index (χ2n) is 8.65. The smallest absolute Gasteiger partial charge is 0.339 e. The minimum absolute atomic E-state index is 0.0523. The van der Waals surface area contributed by atoms with E-state index < -0.39 is 12.6 Å². The number of Topliss-reactive ketones (excluding diaryl/α,β-unsaturated/α-hetero) is 1. The predicted molar refractivity (Wildman–Crippen MR) is 135 cm³/mol. The number of nitrogens with zero attached hydrogens (tertiary/aromatic N) is 2. The van der Waals surface area contributed by atoms with E-state index in [1.54, 1.807) is 25.1 Å². The van der Waals surface area contributed by atoms with Crippen LogP contribution in [-0.2, 0) is 16.0 Å². The first-order valence-electron chi connectivity index (χ1n) is 11.7. The van der Waals surface area contributed by atoms with Gasteiger partial charge in [-0.15, -0.1) is 0 Å². The minimum Gasteiger partial charge on any atom is -0.454 e. The van der Waals surface area contributed by atoms with Crippen molar-refractivity contribution in [3.63, 3.8) is 0 Å². The predicted octanol–water partition coefficient (Wildman–Crippen LogP) is 4.62. The SMILES string of the molecule is CC(=O)NCCCc1ccc(C(=O)COC(=O)c2cc(-c3ccc(C)cc3)nc3onc(C)c23)cc1. The number of aromatic nitrogens is 2. The van der Waals surface area contributed by atoms with Crippen molar-refractivity contribution in [1.29, 1.82) is 0 Å². The molecule has 1 amide bonds. The Morgan fingerprint density at radius 1 is 1.00 bits per heavy atom. The maximum absolute atomic E-state index is 13.0. The fraction of sp³-hybridized carbons (Fsp3) is 0.250. The lowest BCUT2D eigenvalue weighted by molar-refractivity contribution is -0.118. The van der Waals surface area contributed by atoms with Crippen LogP contribution in [0.25, 0.3) is 22.4 Å². The average molecular weight is 486 g/mol. The highest BCUT2D eigenvalue weighted by Crippen LogP contribution is 2.28. The molecule has 36 heavy (non-hydrogen) atoms. The van der Waals surface area contributed by atoms with Crippen LogP contribution in [-0.4, -0.2) is 41.0 Å². The van der Waals surface area contributed by atoms with E-state index in [2.05, 4.69) is 15.5 Å². The quantitative estimate of drug-likeness (QED) is 0.209. The van der Waals surface area contributed by atoms with Gasteiger partial charge in [0.2, 0.25) is 5.91 Å². The molecular formula is C28H27N3O5. The number of carbonyl (C=O) groups is 3. The molecule has 1 N–H and O–H groups in total. The van der Waals surface area contributed by atoms with Gasteiger partial charge < -0.3 is 14.6 Å². The summed E-state index contributed by atoms with van der Waals surface area (Å²) in [5.74, 6) is -1.01. The molecule has 4 rings (SSSR count). The maximum Gasteiger partial charge on any atom is 0.339 e. The number of nitrogens with one attached hydrogen (secondary N) is 1. The van der Waals surface area contributed by atoms with Crippen molar-refractivity contribution >= 4 is 28.8 Å². The molecule has 0 atom stereocenters. The van der Waals surface area contributed by atoms with Gasteiger partial charge in [0.25, 0.3) is 5.71 Å². The van der Waals surface area contributed by atoms with Gasteiger partial charge in [0.05, 0.1) is 22.3 Å². The zero-order valence-corrected chi connectivity index (χ0v) is 20.5. The van der Waals surface area contributed by atoms with E-state index in [0.717, 1.165) is 29.5 Å². The maximum atomic E-state index is 13.0. The Bertz CT molecular complexity index is 1410. The number of pyridine rings is 1. The van der Waals surface area contributed by atoms with Crippen molar-refractivity contribution in [2.24, 2.45) is 0 Å². The van der Waals surface area contributed by atoms with Gasteiger partial charge >= 0.3 is 5.97 Å². The van der Waals surface area contributed by atoms with E-state index in [-0.39, 0.29) is 23.0 Å². The number of carbonyl (C=O) groups excluding carboxylic acids is 3. The molecule has 4 aromatic rings. The number of esters is 1. The van der Waals surface area contributed by atoms with Gasteiger partial charge in [0, 0.05) is 24.6 Å². The first-order chi connectivity index (χ1) is 17.3. The van der Waals surface area contributed by atoms with Gasteiger partial charge in [0.1, 0.15) is 0 Å². The molecular weight excluding hydrogens is 458 g/mol. The van der Waals surface area contributed by atoms with Gasteiger partial charge in [0.15, 0.2) is 12.4 Å². The number of fused-ring (bicyclic) bond motifs is 1. The Morgan fingerprint density at radius 3 is 2.42 bits per heavy atom. The van der Waals surface area contributed by atoms with Crippen LogP contribution in [0.2, 0.25) is 0 Å². The molecule has 0 fully saturated rings. The molecule has 0 bridgehead atoms. The number of hydrogen-bond acceptors (Lipinski definition) is 7. The molecule has 0 aliphatic rings. The molecule has 0 aliphatic carbocycles. The van der Waals surface area contributed by atoms with E-state index in [9.17, 15) is 14.4 Å². The average Bonchev–Trinajstić information content (AvgIpc) is 3.25. The van der Waals surface area contributed by atoms with Gasteiger partial charge in [-0.2, -0.15) is 0 Å². The summed E-state index contributed by atoms with van der Waals surface area (Å²) in [6.45, 7) is 5.40. The normalized spacial score (nSPS) is 10.9. The molecule has 2 aromatic heterocycles. The van der Waals surface area contributed by atoms with Crippen LogP contribution in [0.4, 0.5) is 0 Å². The summed E-state index contributed by atoms with van der Waals surface area (Å²) in [5.41, 5.74) is 4.97. The highest BCUT2D eigenvalue weighted by molar-refractivity contribution is 6.06. The van der Waals surface area contributed by atoms with Gasteiger partial charge in [-0.1, -0.05) is 59.3 Å². The largest absolute Gasteiger partial charge is 0.454 e. The van der Waals surface area contributed by atoms with Crippen molar-refractivity contribution in [2.75, 3.05) is 13.2 Å². The molecule has 0 saturated carbocycles. The van der Waals surface area contributed by atoms with E-state index in [1.165, 1.54) is 6.92 Å². The standard InChI is InChI=1S/C28H27N3O5/c1-17-6-10-21(11-7-17)24-15-23(26-18(2)31-36-27(26)30-24)28(34)35-16-25(33)22-12-8-20(9-13-22)5-4-14-29-19(3)32/h6-13,15H,4-5,14,16H2,1-3H3,(H,29,32). The van der Waals surface area contributed by atoms with E-state index >= 15 is 0 Å². The Balaban J connectivity index is 1.45. The van der Waals surface area contributed by atoms with Crippen LogP contribution in [0.5, 0.6) is 0 Å². The summed E-state index contributed by atoms with van der Waals surface area (Å²) in [6, 6.07) is 16.5. The summed E-state index contributed by atoms with van der Waals surface area (Å²) >= 11 is 0. The van der Waals surface area contributed by atoms with Crippen LogP contribution in [0.1, 0.15) is 50.9 Å². The van der Waals surface area contributed by atoms with Crippen LogP contribution >= 0.6 is 0 Å². The Hall–Kier alpha value is -4.33. The fourth-order valence-electron chi connectivity index (χ4n) is 3.83. The van der Waals surface area contributed by atoms with Crippen molar-refractivity contribution in [2.45, 2.75) is 33.6 Å². The number of rotatable bonds is 9. The first-order valence-corrected chi connectivity index (χ1v) is 11.7. The third kappa shape index (κ3) is 5.83. The highest BCUT2D eigenvalue weighted by atomic mass is 16.5. The van der Waals surface area contributed by atoms with E-state index in [1.807, 2.05) is 43.3 Å². The molecule has 2 aromatic carbocycles. The Kier molecular flexibility index (Phi) is 7.53. The number of ether oxygens (including phenoxy) is 1. The summed E-state index contributed by atoms with van der Waals surface area (Å²) in [4.78, 5) is 41.1. The molecule has 0 spiro atoms. The van der Waals surface area contributed by atoms with Crippen molar-refractivity contribution in [3.05, 3.63) is 82.5 Å². The molecule has 8 heteroatoms. The summed E-state index contributed by atoms with van der Waals surface area (Å²) in [6.07, 6.45) is 1.58. The lowest BCUT2D eigenvalue weighted by atomic mass is 10.0. The lowest BCUT2D eigenvalue weighted by Gasteiger charge is -2.08. The number of amides is 1. The fourth-order valence-corrected chi connectivity index (χ4v) is 3.83. The zero-order chi connectivity index (χ0) is 25.7. The van der Waals surface area contributed by atoms with Crippen LogP contribution in [0, 0.1) is 13.8 Å². The second kappa shape index (κ2) is 10.9. The molecule has 0 unspecified atom stereocenters. The minimum atomic E-state index is -0.648. The number of ketones is 1. The third-order valence-electron chi connectivity index (χ3n) is 5.81. The van der Waals surface area contributed by atoms with Crippen molar-refractivity contribution in [3.8, 4) is 11.3 Å². The van der Waals surface area contributed by atoms with E-state index in [4.69, 9.17) is 9.26 Å². The summed E-state index contributed by atoms with van der Waals surface area (Å²) < 4.78 is 10.7. The molecule has 184 valence electrons. The van der Waals surface area contributed by atoms with Crippen molar-refractivity contribution < 1.29 is 23.6 Å². The van der Waals surface area contributed by atoms with Gasteiger partial charge in [-0.3, -0.25) is 9.59 Å². The third-order valence-corrected chi connectivity index (χ3v) is 5.81. The highest BCUT2D eigenvalue weighted by Gasteiger charge is 2.21. The molecule has 8 nitrogen and oxygen atoms in total. The van der Waals surface area contributed by atoms with Crippen molar-refractivity contribution in [1.82, 2.24) is 15.5 Å². The van der Waals surface area contributed by atoms with Gasteiger partial charge in [-0.25, -0.2) is 9.78 Å². The van der Waals surface area contributed by atoms with Crippen LogP contribution in [0.15, 0.2) is 59.1 Å². The number of hydrogen-bond donors (Lipinski definition) is 1. The van der Waals surface area contributed by atoms with Gasteiger partial charge in [-0.05, 0) is 38.3 Å². The summed E-state index contributed by atoms with van der Waals surface area (Å²) in [5, 5.41) is 7.16. The number of benzene rings is 2. The molecule has 0 saturated heterocycles.